The van der Waals surface area contributed by atoms with Crippen molar-refractivity contribution in [1.29, 1.82) is 0 Å². The second kappa shape index (κ2) is 10.4. The summed E-state index contributed by atoms with van der Waals surface area (Å²) >= 11 is 0. The molecule has 7 heteroatoms. The predicted molar refractivity (Wildman–Crippen MR) is 112 cm³/mol. The van der Waals surface area contributed by atoms with E-state index >= 15 is 0 Å². The van der Waals surface area contributed by atoms with Gasteiger partial charge in [-0.25, -0.2) is 0 Å². The van der Waals surface area contributed by atoms with E-state index < -0.39 is 0 Å². The van der Waals surface area contributed by atoms with Crippen LogP contribution in [0.5, 0.6) is 0 Å². The molecule has 0 radical (unpaired) electrons. The molecule has 2 aliphatic rings. The van der Waals surface area contributed by atoms with Crippen molar-refractivity contribution in [3.63, 3.8) is 0 Å². The number of rotatable bonds is 6. The van der Waals surface area contributed by atoms with Crippen LogP contribution in [0.4, 0.5) is 5.69 Å². The molecule has 1 saturated carbocycles. The summed E-state index contributed by atoms with van der Waals surface area (Å²) in [6, 6.07) is 7.72. The number of anilines is 1. The number of nitrogens with zero attached hydrogens (tertiary/aromatic N) is 2. The normalized spacial score (nSPS) is 18.3. The Balaban J connectivity index is 1.34. The molecule has 1 aromatic rings. The number of amides is 3. The summed E-state index contributed by atoms with van der Waals surface area (Å²) in [7, 11) is 0. The average molecular weight is 401 g/mol. The zero-order valence-corrected chi connectivity index (χ0v) is 17.3. The molecule has 2 fully saturated rings. The van der Waals surface area contributed by atoms with E-state index in [0.29, 0.717) is 32.7 Å². The van der Waals surface area contributed by atoms with Crippen molar-refractivity contribution in [2.45, 2.75) is 39.0 Å². The molecule has 2 N–H and O–H groups in total. The van der Waals surface area contributed by atoms with Gasteiger partial charge in [0, 0.05) is 37.8 Å². The quantitative estimate of drug-likeness (QED) is 0.763. The highest BCUT2D eigenvalue weighted by molar-refractivity contribution is 5.92. The Morgan fingerprint density at radius 3 is 2.28 bits per heavy atom. The summed E-state index contributed by atoms with van der Waals surface area (Å²) in [6.45, 7) is 4.87. The molecule has 0 atom stereocenters. The Labute approximate surface area is 172 Å². The lowest BCUT2D eigenvalue weighted by Gasteiger charge is -2.34. The molecular weight excluding hydrogens is 368 g/mol. The molecule has 1 saturated heterocycles. The second-order valence-electron chi connectivity index (χ2n) is 8.12. The maximum Gasteiger partial charge on any atom is 0.242 e. The number of carbonyl (C=O) groups is 3. The number of hydrogen-bond donors (Lipinski definition) is 2. The van der Waals surface area contributed by atoms with Gasteiger partial charge in [0.2, 0.25) is 17.7 Å². The van der Waals surface area contributed by atoms with E-state index in [1.54, 1.807) is 4.90 Å². The summed E-state index contributed by atoms with van der Waals surface area (Å²) < 4.78 is 0. The van der Waals surface area contributed by atoms with Crippen LogP contribution in [0.3, 0.4) is 0 Å². The molecule has 7 nitrogen and oxygen atoms in total. The first kappa shape index (κ1) is 21.3. The minimum atomic E-state index is -0.0478. The molecular formula is C22H32N4O3. The van der Waals surface area contributed by atoms with Crippen LogP contribution in [0, 0.1) is 12.8 Å². The Morgan fingerprint density at radius 2 is 1.62 bits per heavy atom. The second-order valence-corrected chi connectivity index (χ2v) is 8.12. The Kier molecular flexibility index (Phi) is 7.63. The van der Waals surface area contributed by atoms with Crippen LogP contribution < -0.4 is 10.6 Å². The minimum Gasteiger partial charge on any atom is -0.347 e. The lowest BCUT2D eigenvalue weighted by atomic mass is 9.89. The Bertz CT molecular complexity index is 705. The first-order valence-electron chi connectivity index (χ1n) is 10.7. The molecule has 0 spiro atoms. The van der Waals surface area contributed by atoms with Crippen molar-refractivity contribution in [3.05, 3.63) is 29.8 Å². The van der Waals surface area contributed by atoms with Crippen LogP contribution in [0.1, 0.15) is 37.7 Å². The van der Waals surface area contributed by atoms with Crippen molar-refractivity contribution < 1.29 is 14.4 Å². The molecule has 158 valence electrons. The van der Waals surface area contributed by atoms with Gasteiger partial charge in [0.25, 0.3) is 0 Å². The van der Waals surface area contributed by atoms with Gasteiger partial charge in [0.05, 0.1) is 13.1 Å². The van der Waals surface area contributed by atoms with Crippen LogP contribution in [0.15, 0.2) is 24.3 Å². The predicted octanol–water partition coefficient (Wildman–Crippen LogP) is 1.77. The third kappa shape index (κ3) is 6.56. The van der Waals surface area contributed by atoms with Crippen molar-refractivity contribution in [3.8, 4) is 0 Å². The molecule has 0 unspecified atom stereocenters. The summed E-state index contributed by atoms with van der Waals surface area (Å²) in [5.41, 5.74) is 1.95. The number of carbonyl (C=O) groups excluding carboxylic acids is 3. The zero-order valence-electron chi connectivity index (χ0n) is 17.3. The van der Waals surface area contributed by atoms with Crippen molar-refractivity contribution >= 4 is 23.4 Å². The number of piperazine rings is 1. The SMILES string of the molecule is Cc1ccc(NC(=O)CN2CCN(C(=O)CNC(=O)C3CCCCC3)CC2)cc1. The van der Waals surface area contributed by atoms with E-state index in [2.05, 4.69) is 10.6 Å². The number of hydrogen-bond acceptors (Lipinski definition) is 4. The summed E-state index contributed by atoms with van der Waals surface area (Å²) in [6.07, 6.45) is 5.28. The summed E-state index contributed by atoms with van der Waals surface area (Å²) in [4.78, 5) is 40.6. The summed E-state index contributed by atoms with van der Waals surface area (Å²) in [5, 5.41) is 5.72. The molecule has 3 amide bonds. The van der Waals surface area contributed by atoms with Crippen LogP contribution >= 0.6 is 0 Å². The zero-order chi connectivity index (χ0) is 20.6. The van der Waals surface area contributed by atoms with E-state index in [4.69, 9.17) is 0 Å². The first-order chi connectivity index (χ1) is 14.0. The molecule has 1 heterocycles. The molecule has 3 rings (SSSR count). The van der Waals surface area contributed by atoms with E-state index in [-0.39, 0.29) is 30.2 Å². The van der Waals surface area contributed by atoms with Gasteiger partial charge in [0.1, 0.15) is 0 Å². The summed E-state index contributed by atoms with van der Waals surface area (Å²) in [5.74, 6) is -0.00352. The largest absolute Gasteiger partial charge is 0.347 e. The van der Waals surface area contributed by atoms with Gasteiger partial charge in [-0.3, -0.25) is 19.3 Å². The fourth-order valence-electron chi connectivity index (χ4n) is 3.98. The highest BCUT2D eigenvalue weighted by atomic mass is 16.2. The molecule has 0 bridgehead atoms. The van der Waals surface area contributed by atoms with E-state index in [1.165, 1.54) is 6.42 Å². The maximum absolute atomic E-state index is 12.4. The number of aryl methyl sites for hydroxylation is 1. The van der Waals surface area contributed by atoms with E-state index in [9.17, 15) is 14.4 Å². The fraction of sp³-hybridized carbons (Fsp3) is 0.591. The number of benzene rings is 1. The van der Waals surface area contributed by atoms with Crippen molar-refractivity contribution in [2.24, 2.45) is 5.92 Å². The Morgan fingerprint density at radius 1 is 0.966 bits per heavy atom. The van der Waals surface area contributed by atoms with Crippen LogP contribution in [-0.2, 0) is 14.4 Å². The van der Waals surface area contributed by atoms with Gasteiger partial charge in [-0.05, 0) is 31.9 Å². The van der Waals surface area contributed by atoms with E-state index in [0.717, 1.165) is 36.9 Å². The van der Waals surface area contributed by atoms with Gasteiger partial charge < -0.3 is 15.5 Å². The van der Waals surface area contributed by atoms with Gasteiger partial charge >= 0.3 is 0 Å². The lowest BCUT2D eigenvalue weighted by Crippen LogP contribution is -2.52. The topological polar surface area (TPSA) is 81.8 Å². The van der Waals surface area contributed by atoms with Crippen molar-refractivity contribution in [2.75, 3.05) is 44.6 Å². The smallest absolute Gasteiger partial charge is 0.242 e. The molecule has 1 aliphatic heterocycles. The highest BCUT2D eigenvalue weighted by Gasteiger charge is 2.25. The van der Waals surface area contributed by atoms with Crippen LogP contribution in [-0.4, -0.2) is 66.8 Å². The number of nitrogens with one attached hydrogen (secondary N) is 2. The molecule has 1 aliphatic carbocycles. The van der Waals surface area contributed by atoms with Crippen LogP contribution in [0.2, 0.25) is 0 Å². The molecule has 0 aromatic heterocycles. The van der Waals surface area contributed by atoms with Crippen LogP contribution in [0.25, 0.3) is 0 Å². The van der Waals surface area contributed by atoms with Gasteiger partial charge in [-0.1, -0.05) is 37.0 Å². The fourth-order valence-corrected chi connectivity index (χ4v) is 3.98. The van der Waals surface area contributed by atoms with Gasteiger partial charge in [0.15, 0.2) is 0 Å². The van der Waals surface area contributed by atoms with E-state index in [1.807, 2.05) is 36.1 Å². The monoisotopic (exact) mass is 400 g/mol. The van der Waals surface area contributed by atoms with Crippen molar-refractivity contribution in [1.82, 2.24) is 15.1 Å². The standard InChI is InChI=1S/C22H32N4O3/c1-17-7-9-19(10-8-17)24-20(27)16-25-11-13-26(14-12-25)21(28)15-23-22(29)18-5-3-2-4-6-18/h7-10,18H,2-6,11-16H2,1H3,(H,23,29)(H,24,27). The molecule has 29 heavy (non-hydrogen) atoms. The third-order valence-electron chi connectivity index (χ3n) is 5.82. The lowest BCUT2D eigenvalue weighted by molar-refractivity contribution is -0.135. The maximum atomic E-state index is 12.4. The third-order valence-corrected chi connectivity index (χ3v) is 5.82. The first-order valence-corrected chi connectivity index (χ1v) is 10.7. The Hall–Kier alpha value is -2.41. The minimum absolute atomic E-state index is 0.0180. The van der Waals surface area contributed by atoms with Gasteiger partial charge in [-0.2, -0.15) is 0 Å². The average Bonchev–Trinajstić information content (AvgIpc) is 2.74. The molecule has 1 aromatic carbocycles. The van der Waals surface area contributed by atoms with Gasteiger partial charge in [-0.15, -0.1) is 0 Å². The highest BCUT2D eigenvalue weighted by Crippen LogP contribution is 2.23.